The van der Waals surface area contributed by atoms with Crippen molar-refractivity contribution in [2.45, 2.75) is 35.7 Å². The second-order valence-corrected chi connectivity index (χ2v) is 8.92. The lowest BCUT2D eigenvalue weighted by Crippen LogP contribution is -2.47. The molecule has 0 bridgehead atoms. The zero-order valence-corrected chi connectivity index (χ0v) is 18.2. The van der Waals surface area contributed by atoms with Crippen LogP contribution in [0.3, 0.4) is 0 Å². The molecule has 3 aromatic rings. The summed E-state index contributed by atoms with van der Waals surface area (Å²) in [5.41, 5.74) is 5.56. The van der Waals surface area contributed by atoms with Crippen LogP contribution < -0.4 is 10.2 Å². The lowest BCUT2D eigenvalue weighted by Gasteiger charge is -2.37. The van der Waals surface area contributed by atoms with E-state index in [1.165, 1.54) is 18.2 Å². The SMILES string of the molecule is COc1ccc([C@H]2Nn3c(nnc3-c3ccccc3)S[C@H]2C(=O)N2CCCCC2)cc1. The van der Waals surface area contributed by atoms with Crippen LogP contribution in [-0.4, -0.2) is 51.1 Å². The highest BCUT2D eigenvalue weighted by Crippen LogP contribution is 2.40. The molecule has 8 heteroatoms. The van der Waals surface area contributed by atoms with Gasteiger partial charge in [-0.25, -0.2) is 4.68 Å². The summed E-state index contributed by atoms with van der Waals surface area (Å²) in [5, 5.41) is 9.20. The molecule has 0 spiro atoms. The Morgan fingerprint density at radius 2 is 1.77 bits per heavy atom. The van der Waals surface area contributed by atoms with Gasteiger partial charge in [-0.3, -0.25) is 4.79 Å². The van der Waals surface area contributed by atoms with Crippen LogP contribution in [0.5, 0.6) is 5.75 Å². The number of carbonyl (C=O) groups is 1. The molecule has 0 aliphatic carbocycles. The number of benzene rings is 2. The third-order valence-corrected chi connectivity index (χ3v) is 7.06. The predicted octanol–water partition coefficient (Wildman–Crippen LogP) is 3.73. The molecule has 31 heavy (non-hydrogen) atoms. The van der Waals surface area contributed by atoms with E-state index < -0.39 is 0 Å². The van der Waals surface area contributed by atoms with Crippen molar-refractivity contribution in [1.82, 2.24) is 19.8 Å². The molecule has 0 saturated carbocycles. The number of amides is 1. The van der Waals surface area contributed by atoms with Crippen LogP contribution in [0.2, 0.25) is 0 Å². The highest BCUT2D eigenvalue weighted by molar-refractivity contribution is 8.00. The van der Waals surface area contributed by atoms with Crippen molar-refractivity contribution >= 4 is 17.7 Å². The molecule has 2 aliphatic heterocycles. The number of piperidine rings is 1. The van der Waals surface area contributed by atoms with E-state index in [9.17, 15) is 4.79 Å². The molecular formula is C23H25N5O2S. The molecular weight excluding hydrogens is 410 g/mol. The minimum absolute atomic E-state index is 0.161. The average Bonchev–Trinajstić information content (AvgIpc) is 3.27. The number of hydrogen-bond acceptors (Lipinski definition) is 6. The summed E-state index contributed by atoms with van der Waals surface area (Å²) in [6.45, 7) is 1.65. The van der Waals surface area contributed by atoms with E-state index >= 15 is 0 Å². The Kier molecular flexibility index (Phi) is 5.55. The summed E-state index contributed by atoms with van der Waals surface area (Å²) < 4.78 is 7.23. The molecule has 5 rings (SSSR count). The predicted molar refractivity (Wildman–Crippen MR) is 121 cm³/mol. The van der Waals surface area contributed by atoms with E-state index in [0.29, 0.717) is 5.16 Å². The third kappa shape index (κ3) is 3.87. The summed E-state index contributed by atoms with van der Waals surface area (Å²) in [5.74, 6) is 1.69. The van der Waals surface area contributed by atoms with E-state index in [-0.39, 0.29) is 17.2 Å². The minimum atomic E-state index is -0.313. The van der Waals surface area contributed by atoms with E-state index in [0.717, 1.165) is 48.6 Å². The Morgan fingerprint density at radius 3 is 2.48 bits per heavy atom. The number of thioether (sulfide) groups is 1. The van der Waals surface area contributed by atoms with Gasteiger partial charge in [-0.1, -0.05) is 54.2 Å². The minimum Gasteiger partial charge on any atom is -0.497 e. The largest absolute Gasteiger partial charge is 0.497 e. The molecule has 3 heterocycles. The number of hydrogen-bond donors (Lipinski definition) is 1. The van der Waals surface area contributed by atoms with Crippen LogP contribution in [-0.2, 0) is 4.79 Å². The summed E-state index contributed by atoms with van der Waals surface area (Å²) in [4.78, 5) is 15.5. The van der Waals surface area contributed by atoms with Gasteiger partial charge >= 0.3 is 0 Å². The van der Waals surface area contributed by atoms with Crippen molar-refractivity contribution in [1.29, 1.82) is 0 Å². The fraction of sp³-hybridized carbons (Fsp3) is 0.348. The van der Waals surface area contributed by atoms with Crippen molar-refractivity contribution in [2.75, 3.05) is 25.6 Å². The number of fused-ring (bicyclic) bond motifs is 1. The van der Waals surface area contributed by atoms with E-state index in [2.05, 4.69) is 15.6 Å². The molecule has 1 aromatic heterocycles. The Bertz CT molecular complexity index is 1050. The summed E-state index contributed by atoms with van der Waals surface area (Å²) >= 11 is 1.49. The summed E-state index contributed by atoms with van der Waals surface area (Å²) in [6, 6.07) is 17.7. The Hall–Kier alpha value is -3.00. The molecule has 1 N–H and O–H groups in total. The number of nitrogens with one attached hydrogen (secondary N) is 1. The molecule has 160 valence electrons. The van der Waals surface area contributed by atoms with Gasteiger partial charge in [-0.15, -0.1) is 10.2 Å². The van der Waals surface area contributed by atoms with Gasteiger partial charge in [0.05, 0.1) is 13.2 Å². The zero-order chi connectivity index (χ0) is 21.2. The highest BCUT2D eigenvalue weighted by Gasteiger charge is 2.40. The molecule has 1 fully saturated rings. The quantitative estimate of drug-likeness (QED) is 0.673. The fourth-order valence-electron chi connectivity index (χ4n) is 4.17. The van der Waals surface area contributed by atoms with Crippen molar-refractivity contribution < 1.29 is 9.53 Å². The molecule has 0 radical (unpaired) electrons. The first-order valence-electron chi connectivity index (χ1n) is 10.6. The zero-order valence-electron chi connectivity index (χ0n) is 17.4. The van der Waals surface area contributed by atoms with E-state index in [1.54, 1.807) is 7.11 Å². The molecule has 0 unspecified atom stereocenters. The number of aromatic nitrogens is 3. The molecule has 1 saturated heterocycles. The maximum atomic E-state index is 13.5. The molecule has 2 aliphatic rings. The molecule has 7 nitrogen and oxygen atoms in total. The third-order valence-electron chi connectivity index (χ3n) is 5.85. The van der Waals surface area contributed by atoms with E-state index in [1.807, 2.05) is 64.2 Å². The Morgan fingerprint density at radius 1 is 1.03 bits per heavy atom. The fourth-order valence-corrected chi connectivity index (χ4v) is 5.34. The standard InChI is InChI=1S/C23H25N5O2S/c1-30-18-12-10-16(11-13-18)19-20(22(29)27-14-6-3-7-15-27)31-23-25-24-21(28(23)26-19)17-8-4-2-5-9-17/h2,4-5,8-13,19-20,26H,3,6-7,14-15H2,1H3/t19-,20-/m1/s1. The molecule has 2 aromatic carbocycles. The van der Waals surface area contributed by atoms with E-state index in [4.69, 9.17) is 4.74 Å². The first kappa shape index (κ1) is 19.9. The van der Waals surface area contributed by atoms with Crippen LogP contribution in [0.1, 0.15) is 30.9 Å². The number of ether oxygens (including phenoxy) is 1. The normalized spacial score (nSPS) is 20.6. The first-order valence-corrected chi connectivity index (χ1v) is 11.5. The number of methoxy groups -OCH3 is 1. The van der Waals surface area contributed by atoms with Gasteiger partial charge < -0.3 is 15.1 Å². The van der Waals surface area contributed by atoms with Gasteiger partial charge in [-0.2, -0.15) is 0 Å². The van der Waals surface area contributed by atoms with Gasteiger partial charge in [0.1, 0.15) is 11.0 Å². The lowest BCUT2D eigenvalue weighted by atomic mass is 10.0. The first-order chi connectivity index (χ1) is 15.2. The van der Waals surface area contributed by atoms with Crippen LogP contribution >= 0.6 is 11.8 Å². The molecule has 1 amide bonds. The highest BCUT2D eigenvalue weighted by atomic mass is 32.2. The average molecular weight is 436 g/mol. The van der Waals surface area contributed by atoms with Crippen molar-refractivity contribution in [3.8, 4) is 17.1 Å². The van der Waals surface area contributed by atoms with Crippen LogP contribution in [0.4, 0.5) is 0 Å². The summed E-state index contributed by atoms with van der Waals surface area (Å²) in [6.07, 6.45) is 3.33. The van der Waals surface area contributed by atoms with Crippen LogP contribution in [0.25, 0.3) is 11.4 Å². The van der Waals surface area contributed by atoms with Gasteiger partial charge in [0, 0.05) is 18.7 Å². The maximum Gasteiger partial charge on any atom is 0.238 e. The lowest BCUT2D eigenvalue weighted by molar-refractivity contribution is -0.131. The second kappa shape index (κ2) is 8.63. The van der Waals surface area contributed by atoms with Gasteiger partial charge in [-0.05, 0) is 37.0 Å². The smallest absolute Gasteiger partial charge is 0.238 e. The number of carbonyl (C=O) groups excluding carboxylic acids is 1. The van der Waals surface area contributed by atoms with Gasteiger partial charge in [0.15, 0.2) is 5.82 Å². The maximum absolute atomic E-state index is 13.5. The summed E-state index contributed by atoms with van der Waals surface area (Å²) in [7, 11) is 1.65. The van der Waals surface area contributed by atoms with Crippen LogP contribution in [0, 0.1) is 0 Å². The van der Waals surface area contributed by atoms with Gasteiger partial charge in [0.25, 0.3) is 0 Å². The van der Waals surface area contributed by atoms with Gasteiger partial charge in [0.2, 0.25) is 11.1 Å². The number of rotatable bonds is 4. The topological polar surface area (TPSA) is 72.3 Å². The monoisotopic (exact) mass is 435 g/mol. The Labute approximate surface area is 185 Å². The molecule has 2 atom stereocenters. The van der Waals surface area contributed by atoms with Crippen molar-refractivity contribution in [3.05, 3.63) is 60.2 Å². The van der Waals surface area contributed by atoms with Crippen molar-refractivity contribution in [3.63, 3.8) is 0 Å². The van der Waals surface area contributed by atoms with Crippen molar-refractivity contribution in [2.24, 2.45) is 0 Å². The Balaban J connectivity index is 1.52. The number of likely N-dealkylation sites (tertiary alicyclic amines) is 1. The number of nitrogens with zero attached hydrogens (tertiary/aromatic N) is 4. The van der Waals surface area contributed by atoms with Crippen LogP contribution in [0.15, 0.2) is 59.8 Å². The second-order valence-electron chi connectivity index (χ2n) is 7.81.